The van der Waals surface area contributed by atoms with Crippen LogP contribution >= 0.6 is 22.7 Å². The molecule has 4 aliphatic rings. The van der Waals surface area contributed by atoms with E-state index in [0.29, 0.717) is 6.54 Å². The fourth-order valence-electron chi connectivity index (χ4n) is 4.36. The second-order valence-electron chi connectivity index (χ2n) is 7.51. The van der Waals surface area contributed by atoms with E-state index < -0.39 is 0 Å². The first kappa shape index (κ1) is 16.6. The van der Waals surface area contributed by atoms with Crippen LogP contribution in [0.2, 0.25) is 0 Å². The topological polar surface area (TPSA) is 35.9 Å². The number of piperazine rings is 3. The first-order chi connectivity index (χ1) is 12.7. The monoisotopic (exact) mass is 387 g/mol. The number of hydrazone groups is 1. The number of carbonyl (C=O) groups excluding carboxylic acids is 1. The van der Waals surface area contributed by atoms with Crippen molar-refractivity contribution < 1.29 is 9.28 Å². The average Bonchev–Trinajstić information content (AvgIpc) is 3.42. The SMILES string of the molecule is O=C(C[N+]12CCN(CC1)CC2)N1N=C(c2cccs2)C[C@@H]1c1cccs1. The van der Waals surface area contributed by atoms with Crippen molar-refractivity contribution in [2.45, 2.75) is 12.5 Å². The van der Waals surface area contributed by atoms with Gasteiger partial charge >= 0.3 is 0 Å². The second kappa shape index (κ2) is 6.56. The maximum Gasteiger partial charge on any atom is 0.298 e. The molecule has 2 bridgehead atoms. The quantitative estimate of drug-likeness (QED) is 0.756. The van der Waals surface area contributed by atoms with Gasteiger partial charge in [0.1, 0.15) is 0 Å². The van der Waals surface area contributed by atoms with Gasteiger partial charge in [-0.3, -0.25) is 9.69 Å². The van der Waals surface area contributed by atoms with Gasteiger partial charge in [-0.2, -0.15) is 5.10 Å². The number of rotatable bonds is 4. The van der Waals surface area contributed by atoms with Gasteiger partial charge < -0.3 is 4.48 Å². The predicted molar refractivity (Wildman–Crippen MR) is 106 cm³/mol. The number of hydrogen-bond acceptors (Lipinski definition) is 5. The van der Waals surface area contributed by atoms with Gasteiger partial charge in [0.2, 0.25) is 0 Å². The van der Waals surface area contributed by atoms with Crippen molar-refractivity contribution in [3.05, 3.63) is 44.8 Å². The summed E-state index contributed by atoms with van der Waals surface area (Å²) in [6.07, 6.45) is 0.820. The van der Waals surface area contributed by atoms with Crippen molar-refractivity contribution in [3.8, 4) is 0 Å². The fraction of sp³-hybridized carbons (Fsp3) is 0.474. The van der Waals surface area contributed by atoms with Gasteiger partial charge in [-0.15, -0.1) is 22.7 Å². The Bertz CT molecular complexity index is 793. The molecule has 2 aromatic rings. The minimum absolute atomic E-state index is 0.0591. The molecule has 5 nitrogen and oxygen atoms in total. The van der Waals surface area contributed by atoms with Crippen molar-refractivity contribution in [3.63, 3.8) is 0 Å². The maximum absolute atomic E-state index is 13.3. The molecule has 3 fully saturated rings. The maximum atomic E-state index is 13.3. The summed E-state index contributed by atoms with van der Waals surface area (Å²) in [6.45, 7) is 7.29. The Labute approximate surface area is 161 Å². The minimum Gasteiger partial charge on any atom is -0.313 e. The Morgan fingerprint density at radius 3 is 2.50 bits per heavy atom. The van der Waals surface area contributed by atoms with E-state index in [9.17, 15) is 4.79 Å². The summed E-state index contributed by atoms with van der Waals surface area (Å²) in [5.41, 5.74) is 1.05. The minimum atomic E-state index is 0.0591. The molecule has 1 amide bonds. The zero-order chi connectivity index (χ0) is 17.6. The van der Waals surface area contributed by atoms with Crippen molar-refractivity contribution in [1.82, 2.24) is 9.91 Å². The molecule has 1 atom stereocenters. The van der Waals surface area contributed by atoms with Crippen LogP contribution in [0.25, 0.3) is 0 Å². The summed E-state index contributed by atoms with van der Waals surface area (Å²) in [4.78, 5) is 18.2. The van der Waals surface area contributed by atoms with E-state index >= 15 is 0 Å². The smallest absolute Gasteiger partial charge is 0.298 e. The molecular formula is C19H23N4OS2+. The molecule has 2 aromatic heterocycles. The molecule has 7 heteroatoms. The Kier molecular flexibility index (Phi) is 4.20. The van der Waals surface area contributed by atoms with E-state index in [-0.39, 0.29) is 11.9 Å². The molecule has 0 N–H and O–H groups in total. The van der Waals surface area contributed by atoms with Crippen LogP contribution in [0.3, 0.4) is 0 Å². The molecule has 0 spiro atoms. The fourth-order valence-corrected chi connectivity index (χ4v) is 5.90. The van der Waals surface area contributed by atoms with Crippen LogP contribution < -0.4 is 0 Å². The number of amides is 1. The molecule has 0 saturated carbocycles. The lowest BCUT2D eigenvalue weighted by Gasteiger charge is -2.50. The number of nitrogens with zero attached hydrogens (tertiary/aromatic N) is 4. The van der Waals surface area contributed by atoms with Crippen molar-refractivity contribution in [2.75, 3.05) is 45.8 Å². The first-order valence-corrected chi connectivity index (χ1v) is 11.0. The van der Waals surface area contributed by atoms with Crippen molar-refractivity contribution in [2.24, 2.45) is 5.10 Å². The van der Waals surface area contributed by atoms with Crippen LogP contribution in [-0.2, 0) is 4.79 Å². The van der Waals surface area contributed by atoms with E-state index in [1.54, 1.807) is 27.7 Å². The predicted octanol–water partition coefficient (Wildman–Crippen LogP) is 2.63. The summed E-state index contributed by atoms with van der Waals surface area (Å²) in [6, 6.07) is 8.42. The number of carbonyl (C=O) groups is 1. The van der Waals surface area contributed by atoms with Crippen LogP contribution in [-0.4, -0.2) is 71.8 Å². The highest BCUT2D eigenvalue weighted by Crippen LogP contribution is 2.36. The third-order valence-corrected chi connectivity index (χ3v) is 7.88. The molecule has 0 radical (unpaired) electrons. The molecule has 4 aliphatic heterocycles. The summed E-state index contributed by atoms with van der Waals surface area (Å²) in [7, 11) is 0. The van der Waals surface area contributed by atoms with E-state index in [2.05, 4.69) is 39.9 Å². The first-order valence-electron chi connectivity index (χ1n) is 9.27. The summed E-state index contributed by atoms with van der Waals surface area (Å²) in [5.74, 6) is 0.185. The van der Waals surface area contributed by atoms with Gasteiger partial charge in [0.05, 0.1) is 36.3 Å². The Morgan fingerprint density at radius 2 is 1.85 bits per heavy atom. The van der Waals surface area contributed by atoms with Gasteiger partial charge in [-0.1, -0.05) is 12.1 Å². The molecule has 6 heterocycles. The average molecular weight is 388 g/mol. The van der Waals surface area contributed by atoms with Gasteiger partial charge in [0.15, 0.2) is 6.54 Å². The van der Waals surface area contributed by atoms with E-state index in [0.717, 1.165) is 55.9 Å². The molecular weight excluding hydrogens is 364 g/mol. The van der Waals surface area contributed by atoms with Crippen molar-refractivity contribution in [1.29, 1.82) is 0 Å². The molecule has 26 heavy (non-hydrogen) atoms. The number of thiophene rings is 2. The van der Waals surface area contributed by atoms with Crippen LogP contribution in [0.15, 0.2) is 40.1 Å². The highest BCUT2D eigenvalue weighted by atomic mass is 32.1. The lowest BCUT2D eigenvalue weighted by atomic mass is 10.1. The van der Waals surface area contributed by atoms with Crippen molar-refractivity contribution >= 4 is 34.3 Å². The second-order valence-corrected chi connectivity index (χ2v) is 9.44. The lowest BCUT2D eigenvalue weighted by molar-refractivity contribution is -0.934. The van der Waals surface area contributed by atoms with E-state index in [1.165, 1.54) is 9.75 Å². The van der Waals surface area contributed by atoms with Crippen LogP contribution in [0, 0.1) is 0 Å². The summed E-state index contributed by atoms with van der Waals surface area (Å²) in [5, 5.41) is 10.8. The normalized spacial score (nSPS) is 30.6. The molecule has 136 valence electrons. The lowest BCUT2D eigenvalue weighted by Crippen LogP contribution is -2.69. The highest BCUT2D eigenvalue weighted by Gasteiger charge is 2.43. The molecule has 0 unspecified atom stereocenters. The molecule has 0 aromatic carbocycles. The van der Waals surface area contributed by atoms with E-state index in [1.807, 2.05) is 0 Å². The highest BCUT2D eigenvalue weighted by molar-refractivity contribution is 7.12. The largest absolute Gasteiger partial charge is 0.313 e. The number of fused-ring (bicyclic) bond motifs is 3. The van der Waals surface area contributed by atoms with Gasteiger partial charge in [-0.25, -0.2) is 5.01 Å². The van der Waals surface area contributed by atoms with Gasteiger partial charge in [0, 0.05) is 30.9 Å². The third-order valence-electron chi connectivity index (χ3n) is 5.99. The zero-order valence-corrected chi connectivity index (χ0v) is 16.3. The van der Waals surface area contributed by atoms with Crippen LogP contribution in [0.4, 0.5) is 0 Å². The summed E-state index contributed by atoms with van der Waals surface area (Å²) < 4.78 is 0.951. The Balaban J connectivity index is 1.41. The molecule has 0 aliphatic carbocycles. The standard InChI is InChI=1S/C19H23N4OS2/c24-19(14-23-8-5-21(6-9-23)7-10-23)22-16(18-4-2-12-26-18)13-15(20-22)17-3-1-11-25-17/h1-4,11-12,16H,5-10,13-14H2/q+1/t16-/m1/s1. The van der Waals surface area contributed by atoms with Gasteiger partial charge in [-0.05, 0) is 22.9 Å². The molecule has 6 rings (SSSR count). The molecule has 3 saturated heterocycles. The number of quaternary nitrogens is 1. The zero-order valence-electron chi connectivity index (χ0n) is 14.7. The Morgan fingerprint density at radius 1 is 1.12 bits per heavy atom. The van der Waals surface area contributed by atoms with Crippen LogP contribution in [0.5, 0.6) is 0 Å². The van der Waals surface area contributed by atoms with E-state index in [4.69, 9.17) is 5.10 Å². The van der Waals surface area contributed by atoms with Crippen LogP contribution in [0.1, 0.15) is 22.2 Å². The number of hydrogen-bond donors (Lipinski definition) is 0. The third kappa shape index (κ3) is 2.93. The summed E-state index contributed by atoms with van der Waals surface area (Å²) >= 11 is 3.43. The Hall–Kier alpha value is -1.54. The van der Waals surface area contributed by atoms with Gasteiger partial charge in [0.25, 0.3) is 5.91 Å².